The van der Waals surface area contributed by atoms with Crippen LogP contribution in [-0.4, -0.2) is 21.9 Å². The minimum atomic E-state index is -4.61. The zero-order valence-electron chi connectivity index (χ0n) is 21.6. The van der Waals surface area contributed by atoms with E-state index in [1.807, 2.05) is 0 Å². The molecule has 0 fully saturated rings. The summed E-state index contributed by atoms with van der Waals surface area (Å²) in [5.74, 6) is 0.00954. The number of hydrogen-bond donors (Lipinski definition) is 1. The maximum absolute atomic E-state index is 13.9. The molecule has 0 saturated heterocycles. The topological polar surface area (TPSA) is 122 Å². The molecule has 4 aromatic carbocycles. The lowest BCUT2D eigenvalue weighted by molar-refractivity contribution is 0.469. The molecule has 0 aliphatic rings. The largest absolute Gasteiger partial charge is 0.508 e. The van der Waals surface area contributed by atoms with Gasteiger partial charge in [0.2, 0.25) is 0 Å². The molecule has 5 aromatic rings. The van der Waals surface area contributed by atoms with Gasteiger partial charge in [0.1, 0.15) is 11.3 Å². The van der Waals surface area contributed by atoms with Crippen LogP contribution in [0.1, 0.15) is 22.3 Å². The van der Waals surface area contributed by atoms with Gasteiger partial charge in [0.15, 0.2) is 0 Å². The van der Waals surface area contributed by atoms with E-state index in [2.05, 4.69) is 0 Å². The number of hydrogen-bond acceptors (Lipinski definition) is 7. The molecule has 0 spiro atoms. The van der Waals surface area contributed by atoms with Crippen molar-refractivity contribution in [3.63, 3.8) is 0 Å². The minimum Gasteiger partial charge on any atom is -0.508 e. The number of phenols is 1. The molecule has 204 valence electrons. The molecule has 0 amide bonds. The average Bonchev–Trinajstić information content (AvgIpc) is 2.91. The molecule has 0 bridgehead atoms. The summed E-state index contributed by atoms with van der Waals surface area (Å²) in [6.45, 7) is 3.59. The van der Waals surface area contributed by atoms with Crippen LogP contribution in [-0.2, 0) is 26.5 Å². The van der Waals surface area contributed by atoms with Crippen molar-refractivity contribution in [3.05, 3.63) is 130 Å². The second-order valence-corrected chi connectivity index (χ2v) is 13.2. The summed E-state index contributed by atoms with van der Waals surface area (Å²) in [7, 11) is -9.22. The molecule has 0 saturated carbocycles. The van der Waals surface area contributed by atoms with Crippen LogP contribution in [0.4, 0.5) is 5.69 Å². The molecule has 1 N–H and O–H groups in total. The maximum Gasteiger partial charge on any atom is 0.339 e. The second-order valence-electron chi connectivity index (χ2n) is 9.42. The van der Waals surface area contributed by atoms with Crippen molar-refractivity contribution in [3.8, 4) is 5.75 Å². The Morgan fingerprint density at radius 2 is 1.25 bits per heavy atom. The number of sulfonamides is 2. The number of rotatable bonds is 7. The second kappa shape index (κ2) is 10.3. The zero-order valence-corrected chi connectivity index (χ0v) is 23.2. The number of phenolic OH excluding ortho intramolecular Hbond substituents is 1. The highest BCUT2D eigenvalue weighted by Gasteiger charge is 2.37. The van der Waals surface area contributed by atoms with Gasteiger partial charge in [-0.3, -0.25) is 0 Å². The van der Waals surface area contributed by atoms with E-state index in [1.165, 1.54) is 54.6 Å². The lowest BCUT2D eigenvalue weighted by Gasteiger charge is -2.24. The summed E-state index contributed by atoms with van der Waals surface area (Å²) in [5.41, 5.74) is 1.69. The Morgan fingerprint density at radius 3 is 1.80 bits per heavy atom. The van der Waals surface area contributed by atoms with Gasteiger partial charge in [-0.25, -0.2) is 21.6 Å². The Labute approximate surface area is 231 Å². The third-order valence-electron chi connectivity index (χ3n) is 6.45. The summed E-state index contributed by atoms with van der Waals surface area (Å²) in [6, 6.07) is 23.8. The highest BCUT2D eigenvalue weighted by atomic mass is 32.3. The van der Waals surface area contributed by atoms with Crippen molar-refractivity contribution >= 4 is 36.7 Å². The first-order chi connectivity index (χ1) is 19.0. The minimum absolute atomic E-state index is 0.00954. The van der Waals surface area contributed by atoms with Crippen LogP contribution in [0, 0.1) is 13.8 Å². The van der Waals surface area contributed by atoms with E-state index in [1.54, 1.807) is 56.3 Å². The summed E-state index contributed by atoms with van der Waals surface area (Å²) < 4.78 is 61.5. The van der Waals surface area contributed by atoms with Crippen molar-refractivity contribution in [2.45, 2.75) is 30.1 Å². The lowest BCUT2D eigenvalue weighted by atomic mass is 10.0. The molecule has 0 aliphatic heterocycles. The number of aryl methyl sites for hydroxylation is 2. The number of benzene rings is 4. The molecular weight excluding hydrogens is 550 g/mol. The smallest absolute Gasteiger partial charge is 0.339 e. The summed E-state index contributed by atoms with van der Waals surface area (Å²) in [5, 5.41) is 10.5. The first-order valence-electron chi connectivity index (χ1n) is 12.2. The number of para-hydroxylation sites is 1. The molecule has 1 aromatic heterocycles. The van der Waals surface area contributed by atoms with Gasteiger partial charge in [-0.15, -0.1) is 0 Å². The van der Waals surface area contributed by atoms with Crippen LogP contribution in [0.15, 0.2) is 116 Å². The zero-order chi connectivity index (χ0) is 28.7. The van der Waals surface area contributed by atoms with E-state index in [4.69, 9.17) is 4.42 Å². The molecule has 0 unspecified atom stereocenters. The first-order valence-corrected chi connectivity index (χ1v) is 15.1. The number of anilines is 1. The fourth-order valence-electron chi connectivity index (χ4n) is 4.27. The molecular formula is C30H25NO7S2. The first kappa shape index (κ1) is 27.2. The lowest BCUT2D eigenvalue weighted by Crippen LogP contribution is -2.37. The Bertz CT molecular complexity index is 1920. The van der Waals surface area contributed by atoms with Gasteiger partial charge in [-0.05, 0) is 74.0 Å². The van der Waals surface area contributed by atoms with Crippen LogP contribution in [0.25, 0.3) is 11.0 Å². The van der Waals surface area contributed by atoms with Gasteiger partial charge >= 0.3 is 5.63 Å². The predicted molar refractivity (Wildman–Crippen MR) is 153 cm³/mol. The van der Waals surface area contributed by atoms with E-state index in [0.717, 1.165) is 11.1 Å². The quantitative estimate of drug-likeness (QED) is 0.262. The molecule has 40 heavy (non-hydrogen) atoms. The highest BCUT2D eigenvalue weighted by Crippen LogP contribution is 2.33. The van der Waals surface area contributed by atoms with E-state index < -0.39 is 25.7 Å². The van der Waals surface area contributed by atoms with E-state index >= 15 is 0 Å². The van der Waals surface area contributed by atoms with Gasteiger partial charge in [-0.2, -0.15) is 3.71 Å². The van der Waals surface area contributed by atoms with Crippen LogP contribution in [0.2, 0.25) is 0 Å². The SMILES string of the molecule is Cc1ccc(S(=O)(=O)N(c2ccc3oc(=O)c(Cc4ccccc4O)cc3c2)S(=O)(=O)c2ccc(C)cc2)cc1. The van der Waals surface area contributed by atoms with Crippen molar-refractivity contribution < 1.29 is 26.4 Å². The monoisotopic (exact) mass is 575 g/mol. The third kappa shape index (κ3) is 5.11. The fraction of sp³-hybridized carbons (Fsp3) is 0.100. The highest BCUT2D eigenvalue weighted by molar-refractivity contribution is 8.10. The molecule has 5 rings (SSSR count). The molecule has 0 radical (unpaired) electrons. The summed E-state index contributed by atoms with van der Waals surface area (Å²) in [6.07, 6.45) is 0.0578. The van der Waals surface area contributed by atoms with Crippen molar-refractivity contribution in [2.24, 2.45) is 0 Å². The fourth-order valence-corrected chi connectivity index (χ4v) is 7.95. The van der Waals surface area contributed by atoms with Crippen molar-refractivity contribution in [1.82, 2.24) is 0 Å². The Kier molecular flexibility index (Phi) is 6.99. The maximum atomic E-state index is 13.9. The standard InChI is InChI=1S/C30H25NO7S2/c1-20-7-12-26(13-8-20)39(34,35)31(40(36,37)27-14-9-21(2)10-15-27)25-11-16-29-23(19-25)18-24(30(33)38-29)17-22-5-3-4-6-28(22)32/h3-16,18-19,32H,17H2,1-2H3. The van der Waals surface area contributed by atoms with E-state index in [-0.39, 0.29) is 38.8 Å². The van der Waals surface area contributed by atoms with Crippen LogP contribution >= 0.6 is 0 Å². The summed E-state index contributed by atoms with van der Waals surface area (Å²) in [4.78, 5) is 12.3. The average molecular weight is 576 g/mol. The van der Waals surface area contributed by atoms with Crippen LogP contribution in [0.5, 0.6) is 5.75 Å². The molecule has 10 heteroatoms. The van der Waals surface area contributed by atoms with Gasteiger partial charge in [0.05, 0.1) is 15.5 Å². The molecule has 0 aliphatic carbocycles. The third-order valence-corrected chi connectivity index (χ3v) is 10.7. The van der Waals surface area contributed by atoms with E-state index in [0.29, 0.717) is 14.7 Å². The molecule has 1 heterocycles. The Hall–Kier alpha value is -4.41. The van der Waals surface area contributed by atoms with Gasteiger partial charge in [0.25, 0.3) is 20.0 Å². The normalized spacial score (nSPS) is 11.9. The number of nitrogens with zero attached hydrogens (tertiary/aromatic N) is 1. The Balaban J connectivity index is 1.70. The van der Waals surface area contributed by atoms with Crippen molar-refractivity contribution in [2.75, 3.05) is 3.71 Å². The van der Waals surface area contributed by atoms with E-state index in [9.17, 15) is 26.7 Å². The summed E-state index contributed by atoms with van der Waals surface area (Å²) >= 11 is 0. The molecule has 8 nitrogen and oxygen atoms in total. The Morgan fingerprint density at radius 1 is 0.700 bits per heavy atom. The van der Waals surface area contributed by atoms with Crippen LogP contribution < -0.4 is 9.34 Å². The van der Waals surface area contributed by atoms with Gasteiger partial charge in [0, 0.05) is 17.4 Å². The number of fused-ring (bicyclic) bond motifs is 1. The van der Waals surface area contributed by atoms with Gasteiger partial charge < -0.3 is 9.52 Å². The molecule has 0 atom stereocenters. The predicted octanol–water partition coefficient (Wildman–Crippen LogP) is 5.29. The van der Waals surface area contributed by atoms with Crippen LogP contribution in [0.3, 0.4) is 0 Å². The van der Waals surface area contributed by atoms with Crippen molar-refractivity contribution in [1.29, 1.82) is 0 Å². The van der Waals surface area contributed by atoms with Gasteiger partial charge in [-0.1, -0.05) is 53.6 Å². The number of aromatic hydroxyl groups is 1.